The van der Waals surface area contributed by atoms with Crippen LogP contribution in [0.4, 0.5) is 0 Å². The number of hydrogen-bond donors (Lipinski definition) is 2. The van der Waals surface area contributed by atoms with Gasteiger partial charge in [-0.25, -0.2) is 4.98 Å². The first-order valence-electron chi connectivity index (χ1n) is 7.15. The zero-order chi connectivity index (χ0) is 15.9. The van der Waals surface area contributed by atoms with E-state index in [0.717, 1.165) is 15.2 Å². The number of nitrogens with one attached hydrogen (secondary N) is 2. The predicted molar refractivity (Wildman–Crippen MR) is 89.5 cm³/mol. The van der Waals surface area contributed by atoms with Crippen LogP contribution in [0.5, 0.6) is 0 Å². The predicted octanol–water partition coefficient (Wildman–Crippen LogP) is 2.20. The molecule has 2 aromatic rings. The van der Waals surface area contributed by atoms with Crippen molar-refractivity contribution < 1.29 is 9.59 Å². The minimum atomic E-state index is -0.196. The Morgan fingerprint density at radius 3 is 2.68 bits per heavy atom. The second kappa shape index (κ2) is 7.70. The van der Waals surface area contributed by atoms with E-state index < -0.39 is 0 Å². The molecule has 0 fully saturated rings. The van der Waals surface area contributed by atoms with Gasteiger partial charge in [0.1, 0.15) is 5.01 Å². The van der Waals surface area contributed by atoms with Crippen LogP contribution in [0.15, 0.2) is 30.3 Å². The number of hydrogen-bond acceptors (Lipinski definition) is 4. The van der Waals surface area contributed by atoms with E-state index in [1.165, 1.54) is 17.4 Å². The van der Waals surface area contributed by atoms with Gasteiger partial charge < -0.3 is 10.6 Å². The van der Waals surface area contributed by atoms with Crippen molar-refractivity contribution in [1.29, 1.82) is 0 Å². The lowest BCUT2D eigenvalue weighted by Gasteiger charge is -2.07. The molecule has 2 rings (SSSR count). The molecule has 0 saturated heterocycles. The largest absolute Gasteiger partial charge is 0.354 e. The molecule has 0 saturated carbocycles. The lowest BCUT2D eigenvalue weighted by Crippen LogP contribution is -2.35. The van der Waals surface area contributed by atoms with Crippen LogP contribution in [0.2, 0.25) is 0 Å². The fourth-order valence-electron chi connectivity index (χ4n) is 1.74. The summed E-state index contributed by atoms with van der Waals surface area (Å²) in [5.74, 6) is -0.257. The second-order valence-electron chi connectivity index (χ2n) is 5.09. The standard InChI is InChI=1S/C16H19N3O2S/c1-11(2)16(21)18-10-9-17-14(20)7-8-15-19-12-5-3-4-6-13(12)22-15/h3-8,11H,9-10H2,1-2H3,(H,17,20)(H,18,21)/b8-7+. The zero-order valence-electron chi connectivity index (χ0n) is 12.6. The molecule has 1 heterocycles. The Morgan fingerprint density at radius 1 is 1.23 bits per heavy atom. The molecule has 2 amide bonds. The van der Waals surface area contributed by atoms with Crippen molar-refractivity contribution in [3.63, 3.8) is 0 Å². The number of aromatic nitrogens is 1. The van der Waals surface area contributed by atoms with Gasteiger partial charge in [-0.2, -0.15) is 0 Å². The molecule has 5 nitrogen and oxygen atoms in total. The van der Waals surface area contributed by atoms with E-state index in [-0.39, 0.29) is 17.7 Å². The van der Waals surface area contributed by atoms with E-state index in [0.29, 0.717) is 13.1 Å². The van der Waals surface area contributed by atoms with Gasteiger partial charge in [0.2, 0.25) is 11.8 Å². The van der Waals surface area contributed by atoms with Crippen LogP contribution in [-0.4, -0.2) is 29.9 Å². The molecule has 1 aromatic carbocycles. The van der Waals surface area contributed by atoms with Gasteiger partial charge in [0.05, 0.1) is 10.2 Å². The molecule has 116 valence electrons. The maximum atomic E-state index is 11.7. The fourth-order valence-corrected chi connectivity index (χ4v) is 2.61. The molecule has 22 heavy (non-hydrogen) atoms. The van der Waals surface area contributed by atoms with Gasteiger partial charge in [-0.15, -0.1) is 11.3 Å². The molecule has 0 aliphatic rings. The summed E-state index contributed by atoms with van der Waals surface area (Å²) in [6, 6.07) is 7.85. The Hall–Kier alpha value is -2.21. The number of nitrogens with zero attached hydrogens (tertiary/aromatic N) is 1. The van der Waals surface area contributed by atoms with E-state index >= 15 is 0 Å². The summed E-state index contributed by atoms with van der Waals surface area (Å²) in [5, 5.41) is 6.25. The van der Waals surface area contributed by atoms with Crippen LogP contribution < -0.4 is 10.6 Å². The van der Waals surface area contributed by atoms with Crippen molar-refractivity contribution in [2.24, 2.45) is 5.92 Å². The van der Waals surface area contributed by atoms with Gasteiger partial charge in [0, 0.05) is 25.1 Å². The lowest BCUT2D eigenvalue weighted by molar-refractivity contribution is -0.124. The number of fused-ring (bicyclic) bond motifs is 1. The van der Waals surface area contributed by atoms with Crippen LogP contribution in [0.25, 0.3) is 16.3 Å². The minimum absolute atomic E-state index is 0.0146. The number of rotatable bonds is 6. The number of amides is 2. The zero-order valence-corrected chi connectivity index (χ0v) is 13.4. The molecule has 1 aromatic heterocycles. The number of carbonyl (C=O) groups excluding carboxylic acids is 2. The summed E-state index contributed by atoms with van der Waals surface area (Å²) < 4.78 is 1.10. The van der Waals surface area contributed by atoms with Crippen molar-refractivity contribution in [3.05, 3.63) is 35.3 Å². The SMILES string of the molecule is CC(C)C(=O)NCCNC(=O)/C=C/c1nc2ccccc2s1. The quantitative estimate of drug-likeness (QED) is 0.634. The normalized spacial score (nSPS) is 11.2. The molecule has 0 radical (unpaired) electrons. The molecular weight excluding hydrogens is 298 g/mol. The molecule has 2 N–H and O–H groups in total. The van der Waals surface area contributed by atoms with Crippen molar-refractivity contribution in [3.8, 4) is 0 Å². The summed E-state index contributed by atoms with van der Waals surface area (Å²) in [5.41, 5.74) is 0.934. The van der Waals surface area contributed by atoms with Crippen LogP contribution in [0, 0.1) is 5.92 Å². The third-order valence-electron chi connectivity index (χ3n) is 2.94. The van der Waals surface area contributed by atoms with Crippen molar-refractivity contribution in [2.75, 3.05) is 13.1 Å². The van der Waals surface area contributed by atoms with Crippen molar-refractivity contribution in [2.45, 2.75) is 13.8 Å². The van der Waals surface area contributed by atoms with Crippen molar-refractivity contribution in [1.82, 2.24) is 15.6 Å². The maximum Gasteiger partial charge on any atom is 0.244 e. The summed E-state index contributed by atoms with van der Waals surface area (Å²) in [6.07, 6.45) is 3.16. The molecule has 0 aliphatic heterocycles. The highest BCUT2D eigenvalue weighted by atomic mass is 32.1. The number of para-hydroxylation sites is 1. The van der Waals surface area contributed by atoms with Gasteiger partial charge in [-0.05, 0) is 18.2 Å². The minimum Gasteiger partial charge on any atom is -0.354 e. The highest BCUT2D eigenvalue weighted by molar-refractivity contribution is 7.19. The molecule has 0 atom stereocenters. The second-order valence-corrected chi connectivity index (χ2v) is 6.15. The van der Waals surface area contributed by atoms with Gasteiger partial charge in [0.25, 0.3) is 0 Å². The summed E-state index contributed by atoms with van der Waals surface area (Å²) >= 11 is 1.54. The van der Waals surface area contributed by atoms with Gasteiger partial charge in [-0.1, -0.05) is 26.0 Å². The van der Waals surface area contributed by atoms with E-state index in [1.807, 2.05) is 38.1 Å². The Balaban J connectivity index is 1.78. The molecular formula is C16H19N3O2S. The van der Waals surface area contributed by atoms with Gasteiger partial charge in [-0.3, -0.25) is 9.59 Å². The molecule has 0 bridgehead atoms. The third-order valence-corrected chi connectivity index (χ3v) is 3.94. The van der Waals surface area contributed by atoms with Crippen LogP contribution >= 0.6 is 11.3 Å². The first-order valence-corrected chi connectivity index (χ1v) is 7.97. The molecule has 0 spiro atoms. The summed E-state index contributed by atoms with van der Waals surface area (Å²) in [6.45, 7) is 4.49. The van der Waals surface area contributed by atoms with E-state index in [4.69, 9.17) is 0 Å². The fraction of sp³-hybridized carbons (Fsp3) is 0.312. The first-order chi connectivity index (χ1) is 10.6. The Morgan fingerprint density at radius 2 is 1.95 bits per heavy atom. The number of benzene rings is 1. The van der Waals surface area contributed by atoms with Crippen LogP contribution in [0.3, 0.4) is 0 Å². The topological polar surface area (TPSA) is 71.1 Å². The van der Waals surface area contributed by atoms with E-state index in [1.54, 1.807) is 6.08 Å². The Bertz CT molecular complexity index is 659. The number of thiazole rings is 1. The highest BCUT2D eigenvalue weighted by Gasteiger charge is 2.05. The van der Waals surface area contributed by atoms with Crippen LogP contribution in [-0.2, 0) is 9.59 Å². The average molecular weight is 317 g/mol. The monoisotopic (exact) mass is 317 g/mol. The molecule has 0 aliphatic carbocycles. The molecule has 6 heteroatoms. The first kappa shape index (κ1) is 16.2. The summed E-state index contributed by atoms with van der Waals surface area (Å²) in [4.78, 5) is 27.4. The Kier molecular flexibility index (Phi) is 5.66. The smallest absolute Gasteiger partial charge is 0.244 e. The van der Waals surface area contributed by atoms with Crippen molar-refractivity contribution >= 4 is 39.4 Å². The van der Waals surface area contributed by atoms with Crippen LogP contribution in [0.1, 0.15) is 18.9 Å². The third kappa shape index (κ3) is 4.66. The average Bonchev–Trinajstić information content (AvgIpc) is 2.92. The van der Waals surface area contributed by atoms with Gasteiger partial charge in [0.15, 0.2) is 0 Å². The Labute approximate surface area is 133 Å². The highest BCUT2D eigenvalue weighted by Crippen LogP contribution is 2.22. The van der Waals surface area contributed by atoms with E-state index in [2.05, 4.69) is 15.6 Å². The molecule has 0 unspecified atom stereocenters. The summed E-state index contributed by atoms with van der Waals surface area (Å²) in [7, 11) is 0. The van der Waals surface area contributed by atoms with E-state index in [9.17, 15) is 9.59 Å². The lowest BCUT2D eigenvalue weighted by atomic mass is 10.2. The van der Waals surface area contributed by atoms with Gasteiger partial charge >= 0.3 is 0 Å². The number of carbonyl (C=O) groups is 2. The maximum absolute atomic E-state index is 11.7.